The number of carboxylic acids is 1. The Morgan fingerprint density at radius 1 is 1.07 bits per heavy atom. The Balaban J connectivity index is 1.69. The van der Waals surface area contributed by atoms with Crippen LogP contribution in [0.5, 0.6) is 0 Å². The van der Waals surface area contributed by atoms with E-state index in [2.05, 4.69) is 4.98 Å². The number of rotatable bonds is 3. The molecule has 0 spiro atoms. The van der Waals surface area contributed by atoms with Crippen molar-refractivity contribution in [1.82, 2.24) is 14.8 Å². The van der Waals surface area contributed by atoms with Crippen LogP contribution in [0.2, 0.25) is 0 Å². The van der Waals surface area contributed by atoms with Gasteiger partial charge in [-0.05, 0) is 25.0 Å². The van der Waals surface area contributed by atoms with Crippen molar-refractivity contribution in [3.63, 3.8) is 0 Å². The second-order valence-electron chi connectivity index (χ2n) is 7.16. The molecule has 1 aromatic heterocycles. The van der Waals surface area contributed by atoms with Crippen LogP contribution in [0, 0.1) is 17.8 Å². The molecule has 2 amide bonds. The van der Waals surface area contributed by atoms with Gasteiger partial charge in [0.05, 0.1) is 17.8 Å². The average Bonchev–Trinajstić information content (AvgIpc) is 3.14. The van der Waals surface area contributed by atoms with Gasteiger partial charge < -0.3 is 14.9 Å². The molecule has 28 heavy (non-hydrogen) atoms. The molecule has 0 saturated carbocycles. The summed E-state index contributed by atoms with van der Waals surface area (Å²) in [5, 5.41) is 9.10. The van der Waals surface area contributed by atoms with Crippen molar-refractivity contribution < 1.29 is 32.7 Å². The van der Waals surface area contributed by atoms with Gasteiger partial charge in [-0.3, -0.25) is 19.4 Å². The first kappa shape index (κ1) is 20.1. The van der Waals surface area contributed by atoms with Crippen LogP contribution in [-0.2, 0) is 9.59 Å². The van der Waals surface area contributed by atoms with Crippen molar-refractivity contribution in [3.8, 4) is 0 Å². The Hall–Kier alpha value is -2.65. The van der Waals surface area contributed by atoms with E-state index < -0.39 is 48.9 Å². The largest absolute Gasteiger partial charge is 0.481 e. The monoisotopic (exact) mass is 399 g/mol. The summed E-state index contributed by atoms with van der Waals surface area (Å²) in [5.41, 5.74) is 0.423. The number of likely N-dealkylation sites (tertiary alicyclic amines) is 2. The molecule has 1 aromatic rings. The lowest BCUT2D eigenvalue weighted by atomic mass is 9.96. The number of hydrogen-bond donors (Lipinski definition) is 1. The minimum absolute atomic E-state index is 0.102. The van der Waals surface area contributed by atoms with Crippen LogP contribution in [0.3, 0.4) is 0 Å². The molecule has 0 aromatic carbocycles. The van der Waals surface area contributed by atoms with Gasteiger partial charge in [0.25, 0.3) is 5.91 Å². The van der Waals surface area contributed by atoms with Crippen molar-refractivity contribution in [2.45, 2.75) is 19.0 Å². The number of hydrogen-bond acceptors (Lipinski definition) is 4. The predicted molar refractivity (Wildman–Crippen MR) is 90.1 cm³/mol. The molecule has 0 radical (unpaired) electrons. The number of alkyl halides is 3. The molecule has 3 heterocycles. The lowest BCUT2D eigenvalue weighted by Gasteiger charge is -2.34. The molecule has 2 aliphatic heterocycles. The fourth-order valence-corrected chi connectivity index (χ4v) is 3.86. The maximum atomic E-state index is 13.1. The summed E-state index contributed by atoms with van der Waals surface area (Å²) in [7, 11) is 0. The van der Waals surface area contributed by atoms with Gasteiger partial charge in [0.15, 0.2) is 0 Å². The van der Waals surface area contributed by atoms with Gasteiger partial charge in [-0.25, -0.2) is 0 Å². The van der Waals surface area contributed by atoms with Crippen LogP contribution in [0.15, 0.2) is 24.5 Å². The highest BCUT2D eigenvalue weighted by atomic mass is 19.4. The van der Waals surface area contributed by atoms with Gasteiger partial charge in [-0.2, -0.15) is 13.2 Å². The molecule has 0 bridgehead atoms. The molecule has 7 nitrogen and oxygen atoms in total. The Morgan fingerprint density at radius 2 is 1.75 bits per heavy atom. The number of halogens is 3. The molecule has 2 aliphatic rings. The van der Waals surface area contributed by atoms with Crippen molar-refractivity contribution in [2.24, 2.45) is 17.8 Å². The van der Waals surface area contributed by atoms with E-state index in [9.17, 15) is 27.6 Å². The molecular weight excluding hydrogens is 379 g/mol. The summed E-state index contributed by atoms with van der Waals surface area (Å²) in [6, 6.07) is 3.11. The van der Waals surface area contributed by atoms with E-state index >= 15 is 0 Å². The number of carbonyl (C=O) groups excluding carboxylic acids is 2. The normalized spacial score (nSPS) is 25.6. The number of aromatic nitrogens is 1. The van der Waals surface area contributed by atoms with Crippen LogP contribution in [0.4, 0.5) is 13.2 Å². The number of pyridine rings is 1. The second-order valence-corrected chi connectivity index (χ2v) is 7.16. The van der Waals surface area contributed by atoms with Gasteiger partial charge in [0, 0.05) is 44.1 Å². The van der Waals surface area contributed by atoms with E-state index in [-0.39, 0.29) is 12.5 Å². The number of carbonyl (C=O) groups is 3. The van der Waals surface area contributed by atoms with Gasteiger partial charge in [0.1, 0.15) is 0 Å². The molecule has 3 atom stereocenters. The fourth-order valence-electron chi connectivity index (χ4n) is 3.86. The number of piperidine rings is 1. The minimum Gasteiger partial charge on any atom is -0.481 e. The molecule has 1 unspecified atom stereocenters. The zero-order valence-electron chi connectivity index (χ0n) is 14.9. The number of nitrogens with zero attached hydrogens (tertiary/aromatic N) is 3. The minimum atomic E-state index is -4.69. The van der Waals surface area contributed by atoms with E-state index in [1.807, 2.05) is 0 Å². The van der Waals surface area contributed by atoms with Crippen molar-refractivity contribution in [1.29, 1.82) is 0 Å². The van der Waals surface area contributed by atoms with Gasteiger partial charge in [-0.1, -0.05) is 0 Å². The Bertz CT molecular complexity index is 756. The zero-order valence-corrected chi connectivity index (χ0v) is 14.9. The second kappa shape index (κ2) is 7.76. The molecule has 3 rings (SSSR count). The highest BCUT2D eigenvalue weighted by Crippen LogP contribution is 2.38. The Kier molecular flexibility index (Phi) is 5.57. The average molecular weight is 399 g/mol. The van der Waals surface area contributed by atoms with E-state index in [1.54, 1.807) is 12.1 Å². The van der Waals surface area contributed by atoms with Crippen molar-refractivity contribution in [3.05, 3.63) is 30.1 Å². The molecule has 0 aliphatic carbocycles. The summed E-state index contributed by atoms with van der Waals surface area (Å²) in [6.07, 6.45) is -0.731. The fraction of sp³-hybridized carbons (Fsp3) is 0.556. The standard InChI is InChI=1S/C18H20F3N3O4/c19-18(20,21)14-10-24(9-13(14)17(27)28)16(26)12-2-1-7-23(8-12)15(25)11-3-5-22-6-4-11/h3-6,12-14H,1-2,7-10H2,(H,27,28)/t12?,13-,14-/m1/s1. The van der Waals surface area contributed by atoms with Gasteiger partial charge in [0.2, 0.25) is 5.91 Å². The lowest BCUT2D eigenvalue weighted by Crippen LogP contribution is -2.46. The molecule has 2 saturated heterocycles. The Labute approximate surface area is 159 Å². The SMILES string of the molecule is O=C(O)[C@@H]1CN(C(=O)C2CCCN(C(=O)c3ccncc3)C2)C[C@H]1C(F)(F)F. The smallest absolute Gasteiger partial charge is 0.394 e. The van der Waals surface area contributed by atoms with E-state index in [0.29, 0.717) is 24.9 Å². The molecular formula is C18H20F3N3O4. The third kappa shape index (κ3) is 4.10. The van der Waals surface area contributed by atoms with E-state index in [1.165, 1.54) is 17.3 Å². The van der Waals surface area contributed by atoms with E-state index in [0.717, 1.165) is 4.90 Å². The highest BCUT2D eigenvalue weighted by Gasteiger charge is 2.54. The quantitative estimate of drug-likeness (QED) is 0.835. The topological polar surface area (TPSA) is 90.8 Å². The van der Waals surface area contributed by atoms with Crippen LogP contribution in [-0.4, -0.2) is 70.0 Å². The van der Waals surface area contributed by atoms with Crippen LogP contribution in [0.1, 0.15) is 23.2 Å². The summed E-state index contributed by atoms with van der Waals surface area (Å²) >= 11 is 0. The highest BCUT2D eigenvalue weighted by molar-refractivity contribution is 5.94. The number of amides is 2. The zero-order chi connectivity index (χ0) is 20.5. The van der Waals surface area contributed by atoms with Crippen LogP contribution in [0.25, 0.3) is 0 Å². The molecule has 10 heteroatoms. The first-order valence-corrected chi connectivity index (χ1v) is 8.96. The molecule has 1 N–H and O–H groups in total. The van der Waals surface area contributed by atoms with Crippen molar-refractivity contribution >= 4 is 17.8 Å². The Morgan fingerprint density at radius 3 is 2.32 bits per heavy atom. The van der Waals surface area contributed by atoms with Crippen LogP contribution < -0.4 is 0 Å². The molecule has 2 fully saturated rings. The maximum absolute atomic E-state index is 13.1. The van der Waals surface area contributed by atoms with Crippen molar-refractivity contribution in [2.75, 3.05) is 26.2 Å². The first-order valence-electron chi connectivity index (χ1n) is 8.96. The molecule has 152 valence electrons. The van der Waals surface area contributed by atoms with Crippen LogP contribution >= 0.6 is 0 Å². The summed E-state index contributed by atoms with van der Waals surface area (Å²) in [6.45, 7) is -0.569. The number of carboxylic acid groups (broad SMARTS) is 1. The third-order valence-electron chi connectivity index (χ3n) is 5.35. The summed E-state index contributed by atoms with van der Waals surface area (Å²) < 4.78 is 39.4. The van der Waals surface area contributed by atoms with E-state index in [4.69, 9.17) is 5.11 Å². The number of aliphatic carboxylic acids is 1. The van der Waals surface area contributed by atoms with Gasteiger partial charge in [-0.15, -0.1) is 0 Å². The third-order valence-corrected chi connectivity index (χ3v) is 5.35. The summed E-state index contributed by atoms with van der Waals surface area (Å²) in [5.74, 6) is -6.73. The first-order chi connectivity index (χ1) is 13.2. The predicted octanol–water partition coefficient (Wildman–Crippen LogP) is 1.66. The maximum Gasteiger partial charge on any atom is 0.394 e. The lowest BCUT2D eigenvalue weighted by molar-refractivity contribution is -0.188. The van der Waals surface area contributed by atoms with Gasteiger partial charge >= 0.3 is 12.1 Å². The summed E-state index contributed by atoms with van der Waals surface area (Å²) in [4.78, 5) is 42.9.